The molecule has 1 unspecified atom stereocenters. The number of piperidine rings is 1. The van der Waals surface area contributed by atoms with Gasteiger partial charge in [0.2, 0.25) is 0 Å². The number of benzene rings is 1. The molecule has 4 heteroatoms. The quantitative estimate of drug-likeness (QED) is 0.834. The van der Waals surface area contributed by atoms with Gasteiger partial charge in [-0.25, -0.2) is 0 Å². The molecule has 18 heavy (non-hydrogen) atoms. The van der Waals surface area contributed by atoms with Crippen molar-refractivity contribution in [3.05, 3.63) is 29.3 Å². The highest BCUT2D eigenvalue weighted by atomic mass is 35.5. The molecule has 1 aromatic carbocycles. The van der Waals surface area contributed by atoms with Crippen molar-refractivity contribution in [3.63, 3.8) is 0 Å². The lowest BCUT2D eigenvalue weighted by Gasteiger charge is -2.29. The summed E-state index contributed by atoms with van der Waals surface area (Å²) >= 11 is 5.88. The number of rotatable bonds is 5. The Kier molecular flexibility index (Phi) is 5.29. The molecule has 0 radical (unpaired) electrons. The number of hydrogen-bond donors (Lipinski definition) is 1. The zero-order chi connectivity index (χ0) is 12.8. The fourth-order valence-corrected chi connectivity index (χ4v) is 2.45. The maximum Gasteiger partial charge on any atom is 0.120 e. The van der Waals surface area contributed by atoms with Crippen molar-refractivity contribution in [2.24, 2.45) is 0 Å². The zero-order valence-electron chi connectivity index (χ0n) is 10.5. The summed E-state index contributed by atoms with van der Waals surface area (Å²) in [5.41, 5.74) is 0. The van der Waals surface area contributed by atoms with Gasteiger partial charge in [0.1, 0.15) is 5.75 Å². The van der Waals surface area contributed by atoms with E-state index in [0.29, 0.717) is 11.6 Å². The van der Waals surface area contributed by atoms with E-state index in [1.807, 2.05) is 24.3 Å². The van der Waals surface area contributed by atoms with Gasteiger partial charge in [0.15, 0.2) is 0 Å². The smallest absolute Gasteiger partial charge is 0.120 e. The third kappa shape index (κ3) is 4.48. The average molecular weight is 270 g/mol. The van der Waals surface area contributed by atoms with Gasteiger partial charge in [-0.1, -0.05) is 17.7 Å². The highest BCUT2D eigenvalue weighted by molar-refractivity contribution is 6.30. The Labute approximate surface area is 113 Å². The van der Waals surface area contributed by atoms with Crippen molar-refractivity contribution in [1.82, 2.24) is 4.90 Å². The molecule has 1 heterocycles. The summed E-state index contributed by atoms with van der Waals surface area (Å²) in [5.74, 6) is 0.821. The summed E-state index contributed by atoms with van der Waals surface area (Å²) in [6.45, 7) is 3.57. The van der Waals surface area contributed by atoms with Gasteiger partial charge in [-0.3, -0.25) is 0 Å². The lowest BCUT2D eigenvalue weighted by molar-refractivity contribution is 0.0679. The molecule has 2 rings (SSSR count). The molecule has 1 saturated heterocycles. The van der Waals surface area contributed by atoms with Crippen LogP contribution in [0.15, 0.2) is 24.3 Å². The Morgan fingerprint density at radius 1 is 1.44 bits per heavy atom. The summed E-state index contributed by atoms with van der Waals surface area (Å²) in [4.78, 5) is 2.30. The van der Waals surface area contributed by atoms with E-state index in [4.69, 9.17) is 16.3 Å². The summed E-state index contributed by atoms with van der Waals surface area (Å²) in [7, 11) is 0. The minimum atomic E-state index is -0.146. The molecule has 1 aromatic rings. The van der Waals surface area contributed by atoms with Gasteiger partial charge in [-0.15, -0.1) is 0 Å². The lowest BCUT2D eigenvalue weighted by Crippen LogP contribution is -2.39. The fraction of sp³-hybridized carbons (Fsp3) is 0.571. The van der Waals surface area contributed by atoms with Crippen LogP contribution in [0.25, 0.3) is 0 Å². The Bertz CT molecular complexity index is 373. The van der Waals surface area contributed by atoms with E-state index in [0.717, 1.165) is 44.6 Å². The summed E-state index contributed by atoms with van der Waals surface area (Å²) in [6.07, 6.45) is 2.86. The highest BCUT2D eigenvalue weighted by Crippen LogP contribution is 2.17. The van der Waals surface area contributed by atoms with E-state index >= 15 is 0 Å². The van der Waals surface area contributed by atoms with E-state index in [1.54, 1.807) is 0 Å². The van der Waals surface area contributed by atoms with Crippen LogP contribution in [0.1, 0.15) is 19.3 Å². The fourth-order valence-electron chi connectivity index (χ4n) is 2.27. The summed E-state index contributed by atoms with van der Waals surface area (Å²) < 4.78 is 5.63. The van der Waals surface area contributed by atoms with E-state index in [-0.39, 0.29) is 6.10 Å². The predicted molar refractivity (Wildman–Crippen MR) is 73.2 cm³/mol. The molecule has 0 amide bonds. The average Bonchev–Trinajstić information content (AvgIpc) is 2.35. The molecule has 1 atom stereocenters. The molecule has 3 nitrogen and oxygen atoms in total. The molecule has 1 N–H and O–H groups in total. The summed E-state index contributed by atoms with van der Waals surface area (Å²) in [6, 6.07) is 7.46. The van der Waals surface area contributed by atoms with Crippen LogP contribution in [0.2, 0.25) is 5.02 Å². The number of likely N-dealkylation sites (tertiary alicyclic amines) is 1. The van der Waals surface area contributed by atoms with Crippen LogP contribution in [-0.4, -0.2) is 42.4 Å². The van der Waals surface area contributed by atoms with Crippen LogP contribution in [-0.2, 0) is 0 Å². The van der Waals surface area contributed by atoms with Crippen LogP contribution < -0.4 is 4.74 Å². The first-order valence-corrected chi connectivity index (χ1v) is 6.90. The maximum absolute atomic E-state index is 9.56. The standard InChI is InChI=1S/C14H20ClNO2/c15-12-4-1-6-14(10-12)18-9-3-8-16-7-2-5-13(17)11-16/h1,4,6,10,13,17H,2-3,5,7-9,11H2. The van der Waals surface area contributed by atoms with Gasteiger partial charge in [0.25, 0.3) is 0 Å². The number of β-amino-alcohol motifs (C(OH)–C–C–N with tert-alkyl or cyclic N) is 1. The first-order valence-electron chi connectivity index (χ1n) is 6.53. The molecule has 0 aromatic heterocycles. The van der Waals surface area contributed by atoms with Crippen molar-refractivity contribution in [3.8, 4) is 5.75 Å². The van der Waals surface area contributed by atoms with Crippen molar-refractivity contribution in [2.45, 2.75) is 25.4 Å². The molecule has 1 aliphatic rings. The largest absolute Gasteiger partial charge is 0.493 e. The molecule has 1 aliphatic heterocycles. The van der Waals surface area contributed by atoms with Gasteiger partial charge in [0.05, 0.1) is 12.7 Å². The second-order valence-corrected chi connectivity index (χ2v) is 5.19. The Morgan fingerprint density at radius 3 is 3.11 bits per heavy atom. The second-order valence-electron chi connectivity index (χ2n) is 4.76. The highest BCUT2D eigenvalue weighted by Gasteiger charge is 2.16. The topological polar surface area (TPSA) is 32.7 Å². The first-order chi connectivity index (χ1) is 8.74. The van der Waals surface area contributed by atoms with E-state index in [2.05, 4.69) is 4.90 Å². The van der Waals surface area contributed by atoms with Gasteiger partial charge < -0.3 is 14.7 Å². The second kappa shape index (κ2) is 6.98. The van der Waals surface area contributed by atoms with Crippen LogP contribution in [0, 0.1) is 0 Å². The molecule has 100 valence electrons. The summed E-state index contributed by atoms with van der Waals surface area (Å²) in [5, 5.41) is 10.3. The zero-order valence-corrected chi connectivity index (χ0v) is 11.3. The first kappa shape index (κ1) is 13.7. The molecular formula is C14H20ClNO2. The molecule has 0 saturated carbocycles. The van der Waals surface area contributed by atoms with Crippen molar-refractivity contribution < 1.29 is 9.84 Å². The minimum absolute atomic E-state index is 0.146. The molecule has 1 fully saturated rings. The number of nitrogens with zero attached hydrogens (tertiary/aromatic N) is 1. The molecule has 0 spiro atoms. The van der Waals surface area contributed by atoms with Gasteiger partial charge in [-0.2, -0.15) is 0 Å². The third-order valence-electron chi connectivity index (χ3n) is 3.16. The number of ether oxygens (including phenoxy) is 1. The van der Waals surface area contributed by atoms with E-state index in [1.165, 1.54) is 0 Å². The maximum atomic E-state index is 9.56. The van der Waals surface area contributed by atoms with E-state index in [9.17, 15) is 5.11 Å². The van der Waals surface area contributed by atoms with Crippen LogP contribution in [0.5, 0.6) is 5.75 Å². The minimum Gasteiger partial charge on any atom is -0.493 e. The van der Waals surface area contributed by atoms with Gasteiger partial charge >= 0.3 is 0 Å². The number of halogens is 1. The normalized spacial score (nSPS) is 20.9. The van der Waals surface area contributed by atoms with Crippen molar-refractivity contribution in [1.29, 1.82) is 0 Å². The number of aliphatic hydroxyl groups is 1. The predicted octanol–water partition coefficient (Wildman–Crippen LogP) is 2.57. The van der Waals surface area contributed by atoms with E-state index < -0.39 is 0 Å². The van der Waals surface area contributed by atoms with Crippen LogP contribution in [0.4, 0.5) is 0 Å². The SMILES string of the molecule is OC1CCCN(CCCOc2cccc(Cl)c2)C1. The van der Waals surface area contributed by atoms with Crippen molar-refractivity contribution in [2.75, 3.05) is 26.2 Å². The number of aliphatic hydroxyl groups excluding tert-OH is 1. The molecule has 0 aliphatic carbocycles. The Hall–Kier alpha value is -0.770. The number of hydrogen-bond acceptors (Lipinski definition) is 3. The lowest BCUT2D eigenvalue weighted by atomic mass is 10.1. The van der Waals surface area contributed by atoms with Gasteiger partial charge in [-0.05, 0) is 44.0 Å². The van der Waals surface area contributed by atoms with Gasteiger partial charge in [0, 0.05) is 18.1 Å². The van der Waals surface area contributed by atoms with Crippen LogP contribution in [0.3, 0.4) is 0 Å². The van der Waals surface area contributed by atoms with Crippen LogP contribution >= 0.6 is 11.6 Å². The Balaban J connectivity index is 1.64. The third-order valence-corrected chi connectivity index (χ3v) is 3.40. The van der Waals surface area contributed by atoms with Crippen molar-refractivity contribution >= 4 is 11.6 Å². The Morgan fingerprint density at radius 2 is 2.33 bits per heavy atom. The molecule has 0 bridgehead atoms. The molecular weight excluding hydrogens is 250 g/mol. The monoisotopic (exact) mass is 269 g/mol.